The van der Waals surface area contributed by atoms with Gasteiger partial charge >= 0.3 is 0 Å². The number of aromatic nitrogens is 4. The predicted molar refractivity (Wildman–Crippen MR) is 86.3 cm³/mol. The summed E-state index contributed by atoms with van der Waals surface area (Å²) in [6, 6.07) is 3.92. The second kappa shape index (κ2) is 5.33. The van der Waals surface area contributed by atoms with Crippen LogP contribution in [0.4, 0.5) is 5.13 Å². The third kappa shape index (κ3) is 2.46. The number of imidazole rings is 1. The minimum atomic E-state index is 0.228. The predicted octanol–water partition coefficient (Wildman–Crippen LogP) is 2.47. The molecule has 0 aromatic carbocycles. The number of pyridine rings is 1. The molecular weight excluding hydrogens is 298 g/mol. The van der Waals surface area contributed by atoms with Crippen molar-refractivity contribution < 1.29 is 4.74 Å². The Morgan fingerprint density at radius 2 is 2.09 bits per heavy atom. The third-order valence-corrected chi connectivity index (χ3v) is 4.66. The molecule has 1 aliphatic heterocycles. The van der Waals surface area contributed by atoms with E-state index in [0.29, 0.717) is 0 Å². The first-order chi connectivity index (χ1) is 10.7. The van der Waals surface area contributed by atoms with Crippen LogP contribution in [0.2, 0.25) is 0 Å². The van der Waals surface area contributed by atoms with Crippen LogP contribution in [0.25, 0.3) is 16.2 Å². The van der Waals surface area contributed by atoms with E-state index in [2.05, 4.69) is 33.8 Å². The van der Waals surface area contributed by atoms with Crippen molar-refractivity contribution in [1.29, 1.82) is 0 Å². The van der Waals surface area contributed by atoms with Crippen molar-refractivity contribution in [3.05, 3.63) is 30.7 Å². The number of anilines is 1. The molecule has 0 amide bonds. The third-order valence-electron chi connectivity index (χ3n) is 3.68. The largest absolute Gasteiger partial charge is 0.372 e. The summed E-state index contributed by atoms with van der Waals surface area (Å²) in [5, 5.41) is 5.68. The maximum atomic E-state index is 5.78. The van der Waals surface area contributed by atoms with E-state index in [0.717, 1.165) is 34.4 Å². The molecule has 0 saturated carbocycles. The van der Waals surface area contributed by atoms with Crippen LogP contribution in [0, 0.1) is 0 Å². The molecule has 4 rings (SSSR count). The highest BCUT2D eigenvalue weighted by Gasteiger charge is 2.25. The fourth-order valence-corrected chi connectivity index (χ4v) is 3.71. The van der Waals surface area contributed by atoms with Gasteiger partial charge in [0.15, 0.2) is 0 Å². The van der Waals surface area contributed by atoms with Gasteiger partial charge in [0.25, 0.3) is 0 Å². The van der Waals surface area contributed by atoms with Crippen molar-refractivity contribution in [2.24, 2.45) is 0 Å². The zero-order valence-electron chi connectivity index (χ0n) is 12.5. The molecule has 2 unspecified atom stereocenters. The number of hydrogen-bond donors (Lipinski definition) is 0. The van der Waals surface area contributed by atoms with Crippen LogP contribution in [0.3, 0.4) is 0 Å². The summed E-state index contributed by atoms with van der Waals surface area (Å²) in [6.45, 7) is 5.94. The first-order valence-corrected chi connectivity index (χ1v) is 8.18. The van der Waals surface area contributed by atoms with E-state index >= 15 is 0 Å². The number of rotatable bonds is 2. The number of hydrogen-bond acceptors (Lipinski definition) is 6. The SMILES string of the molecule is CC1CN(c2nn3cc(-c4cccnc4)nc3s2)CC(C)O1. The second-order valence-electron chi connectivity index (χ2n) is 5.64. The fourth-order valence-electron chi connectivity index (χ4n) is 2.80. The highest BCUT2D eigenvalue weighted by molar-refractivity contribution is 7.20. The van der Waals surface area contributed by atoms with Crippen LogP contribution >= 0.6 is 11.3 Å². The van der Waals surface area contributed by atoms with E-state index in [1.165, 1.54) is 0 Å². The van der Waals surface area contributed by atoms with Gasteiger partial charge in [-0.25, -0.2) is 9.50 Å². The Hall–Kier alpha value is -1.99. The Morgan fingerprint density at radius 3 is 2.77 bits per heavy atom. The Morgan fingerprint density at radius 1 is 1.27 bits per heavy atom. The lowest BCUT2D eigenvalue weighted by Gasteiger charge is -2.34. The molecule has 2 atom stereocenters. The number of nitrogens with zero attached hydrogens (tertiary/aromatic N) is 5. The van der Waals surface area contributed by atoms with E-state index < -0.39 is 0 Å². The smallest absolute Gasteiger partial charge is 0.214 e. The van der Waals surface area contributed by atoms with Gasteiger partial charge in [-0.2, -0.15) is 0 Å². The molecule has 114 valence electrons. The Balaban J connectivity index is 1.64. The molecule has 6 nitrogen and oxygen atoms in total. The van der Waals surface area contributed by atoms with Gasteiger partial charge in [-0.15, -0.1) is 5.10 Å². The van der Waals surface area contributed by atoms with Crippen molar-refractivity contribution in [2.75, 3.05) is 18.0 Å². The lowest BCUT2D eigenvalue weighted by atomic mass is 10.2. The summed E-state index contributed by atoms with van der Waals surface area (Å²) in [7, 11) is 0. The average molecular weight is 315 g/mol. The monoisotopic (exact) mass is 315 g/mol. The zero-order valence-corrected chi connectivity index (χ0v) is 13.3. The summed E-state index contributed by atoms with van der Waals surface area (Å²) in [5.41, 5.74) is 1.91. The van der Waals surface area contributed by atoms with Crippen LogP contribution in [-0.2, 0) is 4.74 Å². The van der Waals surface area contributed by atoms with E-state index in [1.54, 1.807) is 17.5 Å². The molecule has 0 radical (unpaired) electrons. The van der Waals surface area contributed by atoms with Gasteiger partial charge in [-0.3, -0.25) is 4.98 Å². The first-order valence-electron chi connectivity index (χ1n) is 7.36. The van der Waals surface area contributed by atoms with E-state index in [-0.39, 0.29) is 12.2 Å². The average Bonchev–Trinajstić information content (AvgIpc) is 3.05. The van der Waals surface area contributed by atoms with Gasteiger partial charge in [-0.05, 0) is 26.0 Å². The van der Waals surface area contributed by atoms with Crippen LogP contribution in [0.1, 0.15) is 13.8 Å². The van der Waals surface area contributed by atoms with Crippen molar-refractivity contribution >= 4 is 21.4 Å². The van der Waals surface area contributed by atoms with Gasteiger partial charge < -0.3 is 9.64 Å². The Bertz CT molecular complexity index is 742. The number of morpholine rings is 1. The molecule has 0 spiro atoms. The lowest BCUT2D eigenvalue weighted by molar-refractivity contribution is -0.00527. The molecule has 1 fully saturated rings. The van der Waals surface area contributed by atoms with Crippen molar-refractivity contribution in [3.63, 3.8) is 0 Å². The molecule has 1 aliphatic rings. The van der Waals surface area contributed by atoms with Gasteiger partial charge in [0.05, 0.1) is 24.1 Å². The van der Waals surface area contributed by atoms with E-state index in [1.807, 2.05) is 29.0 Å². The maximum absolute atomic E-state index is 5.78. The van der Waals surface area contributed by atoms with Crippen LogP contribution in [0.15, 0.2) is 30.7 Å². The van der Waals surface area contributed by atoms with Gasteiger partial charge in [-0.1, -0.05) is 11.3 Å². The molecular formula is C15H17N5OS. The van der Waals surface area contributed by atoms with Gasteiger partial charge in [0, 0.05) is 31.0 Å². The molecule has 7 heteroatoms. The van der Waals surface area contributed by atoms with Crippen LogP contribution < -0.4 is 4.90 Å². The minimum Gasteiger partial charge on any atom is -0.372 e. The summed E-state index contributed by atoms with van der Waals surface area (Å²) >= 11 is 1.61. The molecule has 1 saturated heterocycles. The highest BCUT2D eigenvalue weighted by Crippen LogP contribution is 2.28. The minimum absolute atomic E-state index is 0.228. The lowest BCUT2D eigenvalue weighted by Crippen LogP contribution is -2.45. The summed E-state index contributed by atoms with van der Waals surface area (Å²) < 4.78 is 7.63. The van der Waals surface area contributed by atoms with Gasteiger partial charge in [0.1, 0.15) is 0 Å². The Labute approximate surface area is 132 Å². The molecule has 22 heavy (non-hydrogen) atoms. The standard InChI is InChI=1S/C15H17N5OS/c1-10-7-19(8-11(2)21-10)15-18-20-9-13(17-14(20)22-15)12-4-3-5-16-6-12/h3-6,9-11H,7-8H2,1-2H3. The summed E-state index contributed by atoms with van der Waals surface area (Å²) in [4.78, 5) is 12.0. The van der Waals surface area contributed by atoms with Crippen molar-refractivity contribution in [3.8, 4) is 11.3 Å². The van der Waals surface area contributed by atoms with Crippen molar-refractivity contribution in [2.45, 2.75) is 26.1 Å². The van der Waals surface area contributed by atoms with E-state index in [4.69, 9.17) is 4.74 Å². The summed E-state index contributed by atoms with van der Waals surface area (Å²) in [6.07, 6.45) is 5.99. The molecule has 0 aliphatic carbocycles. The molecule has 3 aromatic rings. The molecule has 0 N–H and O–H groups in total. The maximum Gasteiger partial charge on any atom is 0.214 e. The molecule has 4 heterocycles. The number of fused-ring (bicyclic) bond motifs is 1. The van der Waals surface area contributed by atoms with Gasteiger partial charge in [0.2, 0.25) is 10.1 Å². The molecule has 0 bridgehead atoms. The van der Waals surface area contributed by atoms with Crippen LogP contribution in [-0.4, -0.2) is 44.9 Å². The fraction of sp³-hybridized carbons (Fsp3) is 0.400. The van der Waals surface area contributed by atoms with E-state index in [9.17, 15) is 0 Å². The molecule has 3 aromatic heterocycles. The second-order valence-corrected chi connectivity index (χ2v) is 6.58. The normalized spacial score (nSPS) is 22.4. The van der Waals surface area contributed by atoms with Crippen LogP contribution in [0.5, 0.6) is 0 Å². The quantitative estimate of drug-likeness (QED) is 0.727. The highest BCUT2D eigenvalue weighted by atomic mass is 32.1. The van der Waals surface area contributed by atoms with Crippen molar-refractivity contribution in [1.82, 2.24) is 19.6 Å². The topological polar surface area (TPSA) is 55.6 Å². The first kappa shape index (κ1) is 13.7. The number of ether oxygens (including phenoxy) is 1. The zero-order chi connectivity index (χ0) is 15.1. The summed E-state index contributed by atoms with van der Waals surface area (Å²) in [5.74, 6) is 0. The Kier molecular flexibility index (Phi) is 3.31.